The van der Waals surface area contributed by atoms with E-state index < -0.39 is 15.7 Å². The van der Waals surface area contributed by atoms with Crippen molar-refractivity contribution in [3.63, 3.8) is 0 Å². The number of anilines is 2. The van der Waals surface area contributed by atoms with Crippen molar-refractivity contribution in [2.75, 3.05) is 15.9 Å². The number of benzene rings is 1. The highest BCUT2D eigenvalue weighted by Crippen LogP contribution is 2.40. The highest BCUT2D eigenvalue weighted by Gasteiger charge is 2.42. The van der Waals surface area contributed by atoms with Crippen LogP contribution < -0.4 is 21.1 Å². The van der Waals surface area contributed by atoms with E-state index in [-0.39, 0.29) is 5.96 Å². The van der Waals surface area contributed by atoms with Crippen LogP contribution >= 0.6 is 0 Å². The number of hydrogen-bond acceptors (Lipinski definition) is 7. The molecule has 2 aliphatic rings. The average molecular weight is 364 g/mol. The largest absolute Gasteiger partial charge is 0.369 e. The number of sulfonamides is 1. The fourth-order valence-electron chi connectivity index (χ4n) is 3.60. The van der Waals surface area contributed by atoms with Gasteiger partial charge in [0.15, 0.2) is 0 Å². The normalized spacial score (nSPS) is 20.2. The van der Waals surface area contributed by atoms with Crippen LogP contribution in [0.1, 0.15) is 37.7 Å². The third-order valence-electron chi connectivity index (χ3n) is 4.61. The summed E-state index contributed by atoms with van der Waals surface area (Å²) in [5.74, 6) is 0.528. The summed E-state index contributed by atoms with van der Waals surface area (Å²) in [6.07, 6.45) is 6.10. The monoisotopic (exact) mass is 364 g/mol. The van der Waals surface area contributed by atoms with Gasteiger partial charge in [0.25, 0.3) is 0 Å². The van der Waals surface area contributed by atoms with Gasteiger partial charge < -0.3 is 11.5 Å². The number of rotatable bonds is 3. The standard InChI is InChI=1S/C16H24N6O2S/c1-11-10-12(6-7-13(11)21-25(2,23)24)22-15(18)19-14(17)20-16(22)8-4-3-5-9-16/h6-7,10,21H,3-5,8-9H2,1-2H3,(H4,17,18,19,20). The molecule has 5 N–H and O–H groups in total. The Bertz CT molecular complexity index is 840. The van der Waals surface area contributed by atoms with Gasteiger partial charge in [0.05, 0.1) is 11.9 Å². The Morgan fingerprint density at radius 1 is 1.20 bits per heavy atom. The number of aliphatic imine (C=N–C) groups is 2. The molecule has 1 spiro atoms. The second-order valence-electron chi connectivity index (χ2n) is 6.69. The van der Waals surface area contributed by atoms with E-state index in [4.69, 9.17) is 11.5 Å². The number of guanidine groups is 2. The number of nitrogens with one attached hydrogen (secondary N) is 1. The van der Waals surface area contributed by atoms with Crippen LogP contribution in [0.15, 0.2) is 28.2 Å². The van der Waals surface area contributed by atoms with E-state index in [1.807, 2.05) is 24.0 Å². The van der Waals surface area contributed by atoms with Gasteiger partial charge in [0.1, 0.15) is 5.66 Å². The maximum absolute atomic E-state index is 11.5. The molecule has 0 saturated heterocycles. The van der Waals surface area contributed by atoms with Crippen LogP contribution in [0.5, 0.6) is 0 Å². The maximum atomic E-state index is 11.5. The Labute approximate surface area is 148 Å². The van der Waals surface area contributed by atoms with Gasteiger partial charge in [0.2, 0.25) is 21.9 Å². The van der Waals surface area contributed by atoms with E-state index in [2.05, 4.69) is 14.7 Å². The first-order valence-corrected chi connectivity index (χ1v) is 10.2. The fraction of sp³-hybridized carbons (Fsp3) is 0.500. The van der Waals surface area contributed by atoms with Crippen LogP contribution in [-0.4, -0.2) is 32.3 Å². The molecule has 0 radical (unpaired) electrons. The molecule has 0 atom stereocenters. The SMILES string of the molecule is Cc1cc(N2C(N)=NC(N)=NC23CCCCC3)ccc1NS(C)(=O)=O. The highest BCUT2D eigenvalue weighted by molar-refractivity contribution is 7.92. The minimum atomic E-state index is -3.33. The first-order chi connectivity index (χ1) is 11.7. The van der Waals surface area contributed by atoms with Crippen LogP contribution in [0.25, 0.3) is 0 Å². The Kier molecular flexibility index (Phi) is 4.36. The Balaban J connectivity index is 2.01. The lowest BCUT2D eigenvalue weighted by Crippen LogP contribution is -2.58. The van der Waals surface area contributed by atoms with Crippen molar-refractivity contribution in [2.45, 2.75) is 44.7 Å². The molecule has 3 rings (SSSR count). The van der Waals surface area contributed by atoms with Gasteiger partial charge in [-0.2, -0.15) is 4.99 Å². The van der Waals surface area contributed by atoms with E-state index in [0.717, 1.165) is 49.6 Å². The van der Waals surface area contributed by atoms with Gasteiger partial charge in [-0.25, -0.2) is 13.4 Å². The van der Waals surface area contributed by atoms with Gasteiger partial charge in [-0.3, -0.25) is 9.62 Å². The topological polar surface area (TPSA) is 126 Å². The van der Waals surface area contributed by atoms with Gasteiger partial charge in [0, 0.05) is 5.69 Å². The van der Waals surface area contributed by atoms with Gasteiger partial charge in [-0.15, -0.1) is 0 Å². The van der Waals surface area contributed by atoms with Crippen molar-refractivity contribution in [1.82, 2.24) is 0 Å². The molecule has 1 saturated carbocycles. The lowest BCUT2D eigenvalue weighted by molar-refractivity contribution is 0.305. The van der Waals surface area contributed by atoms with Gasteiger partial charge >= 0.3 is 0 Å². The number of hydrogen-bond donors (Lipinski definition) is 3. The second-order valence-corrected chi connectivity index (χ2v) is 8.44. The predicted octanol–water partition coefficient (Wildman–Crippen LogP) is 1.48. The van der Waals surface area contributed by atoms with Crippen molar-refractivity contribution in [3.8, 4) is 0 Å². The molecule has 1 fully saturated rings. The predicted molar refractivity (Wildman–Crippen MR) is 101 cm³/mol. The molecule has 25 heavy (non-hydrogen) atoms. The first kappa shape index (κ1) is 17.5. The summed E-state index contributed by atoms with van der Waals surface area (Å²) in [5.41, 5.74) is 13.7. The summed E-state index contributed by atoms with van der Waals surface area (Å²) in [5, 5.41) is 0. The van der Waals surface area contributed by atoms with E-state index in [0.29, 0.717) is 11.6 Å². The smallest absolute Gasteiger partial charge is 0.229 e. The van der Waals surface area contributed by atoms with Crippen LogP contribution in [0.4, 0.5) is 11.4 Å². The van der Waals surface area contributed by atoms with E-state index in [9.17, 15) is 8.42 Å². The quantitative estimate of drug-likeness (QED) is 0.749. The molecule has 1 aliphatic carbocycles. The third-order valence-corrected chi connectivity index (χ3v) is 5.21. The average Bonchev–Trinajstić information content (AvgIpc) is 2.48. The molecule has 0 aromatic heterocycles. The van der Waals surface area contributed by atoms with Crippen molar-refractivity contribution < 1.29 is 8.42 Å². The van der Waals surface area contributed by atoms with Crippen molar-refractivity contribution in [3.05, 3.63) is 23.8 Å². The van der Waals surface area contributed by atoms with Crippen molar-refractivity contribution >= 4 is 33.3 Å². The summed E-state index contributed by atoms with van der Waals surface area (Å²) in [4.78, 5) is 10.7. The van der Waals surface area contributed by atoms with Gasteiger partial charge in [-0.1, -0.05) is 6.42 Å². The Morgan fingerprint density at radius 3 is 2.48 bits per heavy atom. The Hall–Kier alpha value is -2.29. The fourth-order valence-corrected chi connectivity index (χ4v) is 4.22. The molecule has 1 aromatic rings. The minimum Gasteiger partial charge on any atom is -0.369 e. The zero-order valence-electron chi connectivity index (χ0n) is 14.5. The lowest BCUT2D eigenvalue weighted by Gasteiger charge is -2.45. The molecule has 0 bridgehead atoms. The minimum absolute atomic E-state index is 0.211. The molecule has 9 heteroatoms. The molecular weight excluding hydrogens is 340 g/mol. The van der Waals surface area contributed by atoms with E-state index in [1.165, 1.54) is 0 Å². The molecule has 1 aromatic carbocycles. The first-order valence-electron chi connectivity index (χ1n) is 8.28. The summed E-state index contributed by atoms with van der Waals surface area (Å²) < 4.78 is 25.5. The summed E-state index contributed by atoms with van der Waals surface area (Å²) in [6, 6.07) is 5.46. The highest BCUT2D eigenvalue weighted by atomic mass is 32.2. The second kappa shape index (κ2) is 6.21. The third kappa shape index (κ3) is 3.55. The Morgan fingerprint density at radius 2 is 1.88 bits per heavy atom. The van der Waals surface area contributed by atoms with E-state index >= 15 is 0 Å². The van der Waals surface area contributed by atoms with Crippen LogP contribution in [0, 0.1) is 6.92 Å². The molecule has 0 amide bonds. The zero-order valence-corrected chi connectivity index (χ0v) is 15.3. The number of nitrogens with two attached hydrogens (primary N) is 2. The summed E-state index contributed by atoms with van der Waals surface area (Å²) in [7, 11) is -3.33. The maximum Gasteiger partial charge on any atom is 0.229 e. The number of nitrogens with zero attached hydrogens (tertiary/aromatic N) is 3. The molecule has 8 nitrogen and oxygen atoms in total. The number of aryl methyl sites for hydroxylation is 1. The molecule has 136 valence electrons. The van der Waals surface area contributed by atoms with E-state index in [1.54, 1.807) is 6.07 Å². The van der Waals surface area contributed by atoms with Crippen molar-refractivity contribution in [1.29, 1.82) is 0 Å². The molecule has 1 heterocycles. The van der Waals surface area contributed by atoms with Crippen LogP contribution in [0.3, 0.4) is 0 Å². The zero-order chi connectivity index (χ0) is 18.2. The molecule has 1 aliphatic heterocycles. The molecular formula is C16H24N6O2S. The summed E-state index contributed by atoms with van der Waals surface area (Å²) in [6.45, 7) is 1.85. The van der Waals surface area contributed by atoms with Crippen LogP contribution in [-0.2, 0) is 10.0 Å². The van der Waals surface area contributed by atoms with Crippen LogP contribution in [0.2, 0.25) is 0 Å². The molecule has 0 unspecified atom stereocenters. The lowest BCUT2D eigenvalue weighted by atomic mass is 9.87. The summed E-state index contributed by atoms with van der Waals surface area (Å²) >= 11 is 0. The van der Waals surface area contributed by atoms with Crippen molar-refractivity contribution in [2.24, 2.45) is 21.5 Å². The van der Waals surface area contributed by atoms with Gasteiger partial charge in [-0.05, 0) is 56.4 Å².